The zero-order chi connectivity index (χ0) is 10.3. The molecule has 1 amide bonds. The van der Waals surface area contributed by atoms with Crippen molar-refractivity contribution >= 4 is 6.09 Å². The lowest BCUT2D eigenvalue weighted by atomic mass is 10.5. The maximum absolute atomic E-state index is 11.2. The van der Waals surface area contributed by atoms with Crippen molar-refractivity contribution < 1.29 is 14.3 Å². The van der Waals surface area contributed by atoms with Crippen LogP contribution in [0.25, 0.3) is 0 Å². The van der Waals surface area contributed by atoms with Crippen LogP contribution in [0.1, 0.15) is 20.8 Å². The second-order valence-corrected chi connectivity index (χ2v) is 3.05. The third-order valence-corrected chi connectivity index (χ3v) is 1.42. The summed E-state index contributed by atoms with van der Waals surface area (Å²) in [5, 5.41) is 0. The summed E-state index contributed by atoms with van der Waals surface area (Å²) >= 11 is 0. The minimum atomic E-state index is -0.297. The van der Waals surface area contributed by atoms with E-state index in [1.807, 2.05) is 20.8 Å². The first-order valence-electron chi connectivity index (χ1n) is 4.57. The molecule has 78 valence electrons. The van der Waals surface area contributed by atoms with E-state index in [1.54, 1.807) is 7.05 Å². The van der Waals surface area contributed by atoms with Crippen LogP contribution in [0.5, 0.6) is 0 Å². The average Bonchev–Trinajstić information content (AvgIpc) is 2.03. The Balaban J connectivity index is 3.57. The van der Waals surface area contributed by atoms with Gasteiger partial charge in [0.25, 0.3) is 0 Å². The topological polar surface area (TPSA) is 38.8 Å². The van der Waals surface area contributed by atoms with Crippen molar-refractivity contribution in [2.75, 3.05) is 26.8 Å². The Morgan fingerprint density at radius 2 is 2.08 bits per heavy atom. The molecule has 0 unspecified atom stereocenters. The van der Waals surface area contributed by atoms with Crippen LogP contribution in [0.15, 0.2) is 0 Å². The predicted octanol–water partition coefficient (Wildman–Crippen LogP) is 1.50. The monoisotopic (exact) mass is 189 g/mol. The van der Waals surface area contributed by atoms with Gasteiger partial charge in [-0.15, -0.1) is 0 Å². The van der Waals surface area contributed by atoms with Gasteiger partial charge in [0.15, 0.2) is 0 Å². The second-order valence-electron chi connectivity index (χ2n) is 3.05. The van der Waals surface area contributed by atoms with Gasteiger partial charge in [-0.3, -0.25) is 0 Å². The highest BCUT2D eigenvalue weighted by Crippen LogP contribution is 1.95. The van der Waals surface area contributed by atoms with Crippen molar-refractivity contribution in [3.8, 4) is 0 Å². The summed E-state index contributed by atoms with van der Waals surface area (Å²) in [6.45, 7) is 7.38. The average molecular weight is 189 g/mol. The first-order valence-corrected chi connectivity index (χ1v) is 4.57. The van der Waals surface area contributed by atoms with E-state index in [9.17, 15) is 4.79 Å². The maximum Gasteiger partial charge on any atom is 0.409 e. The number of rotatable bonds is 5. The highest BCUT2D eigenvalue weighted by atomic mass is 16.6. The van der Waals surface area contributed by atoms with E-state index < -0.39 is 0 Å². The van der Waals surface area contributed by atoms with Crippen molar-refractivity contribution in [3.05, 3.63) is 0 Å². The standard InChI is InChI=1S/C9H19NO3/c1-5-12-7-6-10(4)9(11)13-8(2)3/h8H,5-7H2,1-4H3. The molecule has 0 fully saturated rings. The summed E-state index contributed by atoms with van der Waals surface area (Å²) in [5.74, 6) is 0. The van der Waals surface area contributed by atoms with Gasteiger partial charge in [0, 0.05) is 20.2 Å². The van der Waals surface area contributed by atoms with Crippen molar-refractivity contribution in [2.24, 2.45) is 0 Å². The van der Waals surface area contributed by atoms with Gasteiger partial charge >= 0.3 is 6.09 Å². The summed E-state index contributed by atoms with van der Waals surface area (Å²) < 4.78 is 10.1. The molecule has 13 heavy (non-hydrogen) atoms. The molecular weight excluding hydrogens is 170 g/mol. The molecule has 0 bridgehead atoms. The molecule has 0 heterocycles. The fraction of sp³-hybridized carbons (Fsp3) is 0.889. The van der Waals surface area contributed by atoms with Gasteiger partial charge in [-0.2, -0.15) is 0 Å². The quantitative estimate of drug-likeness (QED) is 0.615. The molecule has 0 aromatic heterocycles. The molecule has 0 rings (SSSR count). The summed E-state index contributed by atoms with van der Waals surface area (Å²) in [7, 11) is 1.70. The molecule has 0 aliphatic rings. The summed E-state index contributed by atoms with van der Waals surface area (Å²) in [4.78, 5) is 12.7. The van der Waals surface area contributed by atoms with Gasteiger partial charge in [-0.1, -0.05) is 0 Å². The van der Waals surface area contributed by atoms with Gasteiger partial charge in [-0.05, 0) is 20.8 Å². The third-order valence-electron chi connectivity index (χ3n) is 1.42. The number of carbonyl (C=O) groups is 1. The van der Waals surface area contributed by atoms with E-state index in [4.69, 9.17) is 9.47 Å². The van der Waals surface area contributed by atoms with Crippen LogP contribution in [0, 0.1) is 0 Å². The zero-order valence-electron chi connectivity index (χ0n) is 8.87. The van der Waals surface area contributed by atoms with Crippen molar-refractivity contribution in [2.45, 2.75) is 26.9 Å². The van der Waals surface area contributed by atoms with Crippen LogP contribution in [-0.2, 0) is 9.47 Å². The number of hydrogen-bond acceptors (Lipinski definition) is 3. The highest BCUT2D eigenvalue weighted by molar-refractivity contribution is 5.67. The SMILES string of the molecule is CCOCCN(C)C(=O)OC(C)C. The minimum absolute atomic E-state index is 0.0676. The largest absolute Gasteiger partial charge is 0.447 e. The number of amides is 1. The van der Waals surface area contributed by atoms with E-state index in [0.717, 1.165) is 0 Å². The van der Waals surface area contributed by atoms with E-state index >= 15 is 0 Å². The minimum Gasteiger partial charge on any atom is -0.447 e. The lowest BCUT2D eigenvalue weighted by Gasteiger charge is -2.18. The molecule has 0 aromatic carbocycles. The fourth-order valence-corrected chi connectivity index (χ4v) is 0.729. The Morgan fingerprint density at radius 3 is 2.54 bits per heavy atom. The molecular formula is C9H19NO3. The lowest BCUT2D eigenvalue weighted by Crippen LogP contribution is -2.32. The lowest BCUT2D eigenvalue weighted by molar-refractivity contribution is 0.0691. The number of likely N-dealkylation sites (N-methyl/N-ethyl adjacent to an activating group) is 1. The zero-order valence-corrected chi connectivity index (χ0v) is 8.87. The summed E-state index contributed by atoms with van der Waals surface area (Å²) in [6, 6.07) is 0. The van der Waals surface area contributed by atoms with E-state index in [0.29, 0.717) is 19.8 Å². The van der Waals surface area contributed by atoms with Crippen LogP contribution < -0.4 is 0 Å². The van der Waals surface area contributed by atoms with Crippen molar-refractivity contribution in [1.82, 2.24) is 4.90 Å². The fourth-order valence-electron chi connectivity index (χ4n) is 0.729. The van der Waals surface area contributed by atoms with E-state index in [2.05, 4.69) is 0 Å². The molecule has 0 aromatic rings. The van der Waals surface area contributed by atoms with Gasteiger partial charge in [0.05, 0.1) is 12.7 Å². The van der Waals surface area contributed by atoms with Crippen LogP contribution in [0.2, 0.25) is 0 Å². The van der Waals surface area contributed by atoms with Crippen LogP contribution in [0.3, 0.4) is 0 Å². The molecule has 0 atom stereocenters. The van der Waals surface area contributed by atoms with E-state index in [1.165, 1.54) is 4.90 Å². The first kappa shape index (κ1) is 12.2. The predicted molar refractivity (Wildman–Crippen MR) is 50.7 cm³/mol. The number of carbonyl (C=O) groups excluding carboxylic acids is 1. The normalized spacial score (nSPS) is 10.2. The van der Waals surface area contributed by atoms with Gasteiger partial charge < -0.3 is 14.4 Å². The Hall–Kier alpha value is -0.770. The van der Waals surface area contributed by atoms with Crippen LogP contribution in [0.4, 0.5) is 4.79 Å². The second kappa shape index (κ2) is 6.71. The Kier molecular flexibility index (Phi) is 6.32. The maximum atomic E-state index is 11.2. The molecule has 0 spiro atoms. The molecule has 0 saturated carbocycles. The Bertz CT molecular complexity index is 148. The number of hydrogen-bond donors (Lipinski definition) is 0. The smallest absolute Gasteiger partial charge is 0.409 e. The molecule has 0 aliphatic carbocycles. The Labute approximate surface area is 79.8 Å². The molecule has 0 radical (unpaired) electrons. The summed E-state index contributed by atoms with van der Waals surface area (Å²) in [6.07, 6.45) is -0.364. The molecule has 0 saturated heterocycles. The van der Waals surface area contributed by atoms with Crippen molar-refractivity contribution in [1.29, 1.82) is 0 Å². The number of nitrogens with zero attached hydrogens (tertiary/aromatic N) is 1. The van der Waals surface area contributed by atoms with Crippen LogP contribution >= 0.6 is 0 Å². The highest BCUT2D eigenvalue weighted by Gasteiger charge is 2.10. The summed E-state index contributed by atoms with van der Waals surface area (Å²) in [5.41, 5.74) is 0. The number of ether oxygens (including phenoxy) is 2. The first-order chi connectivity index (χ1) is 6.07. The molecule has 0 N–H and O–H groups in total. The van der Waals surface area contributed by atoms with E-state index in [-0.39, 0.29) is 12.2 Å². The molecule has 0 aliphatic heterocycles. The van der Waals surface area contributed by atoms with Gasteiger partial charge in [0.1, 0.15) is 0 Å². The van der Waals surface area contributed by atoms with Gasteiger partial charge in [-0.25, -0.2) is 4.79 Å². The molecule has 4 heteroatoms. The molecule has 4 nitrogen and oxygen atoms in total. The van der Waals surface area contributed by atoms with Crippen molar-refractivity contribution in [3.63, 3.8) is 0 Å². The third kappa shape index (κ3) is 6.40. The Morgan fingerprint density at radius 1 is 1.46 bits per heavy atom. The van der Waals surface area contributed by atoms with Crippen LogP contribution in [-0.4, -0.2) is 43.9 Å². The van der Waals surface area contributed by atoms with Gasteiger partial charge in [0.2, 0.25) is 0 Å².